The normalized spacial score (nSPS) is 12.4. The molecule has 0 atom stereocenters. The molecule has 3 aromatic rings. The van der Waals surface area contributed by atoms with Crippen molar-refractivity contribution in [2.24, 2.45) is 0 Å². The summed E-state index contributed by atoms with van der Waals surface area (Å²) >= 11 is 0. The van der Waals surface area contributed by atoms with E-state index in [4.69, 9.17) is 0 Å². The van der Waals surface area contributed by atoms with Crippen LogP contribution in [-0.4, -0.2) is 0 Å². The molecule has 130 valence electrons. The van der Waals surface area contributed by atoms with Gasteiger partial charge in [-0.15, -0.1) is 0 Å². The molecule has 0 aromatic heterocycles. The molecule has 0 saturated carbocycles. The molecule has 1 nitrogen and oxygen atoms in total. The number of benzene rings is 3. The second-order valence-electron chi connectivity index (χ2n) is 8.91. The van der Waals surface area contributed by atoms with Crippen LogP contribution in [0.25, 0.3) is 10.8 Å². The van der Waals surface area contributed by atoms with Gasteiger partial charge in [-0.25, -0.2) is 0 Å². The minimum absolute atomic E-state index is 0.131. The average molecular weight is 332 g/mol. The van der Waals surface area contributed by atoms with E-state index in [1.165, 1.54) is 21.9 Å². The molecule has 0 spiro atoms. The van der Waals surface area contributed by atoms with Crippen LogP contribution >= 0.6 is 0 Å². The van der Waals surface area contributed by atoms with Gasteiger partial charge in [-0.05, 0) is 45.5 Å². The number of nitrogens with one attached hydrogen (secondary N) is 1. The van der Waals surface area contributed by atoms with E-state index in [-0.39, 0.29) is 10.8 Å². The number of rotatable bonds is 2. The summed E-state index contributed by atoms with van der Waals surface area (Å²) in [6.07, 6.45) is 0. The molecule has 0 saturated heterocycles. The minimum Gasteiger partial charge on any atom is -0.355 e. The summed E-state index contributed by atoms with van der Waals surface area (Å²) in [6.45, 7) is 13.5. The minimum atomic E-state index is 0.131. The van der Waals surface area contributed by atoms with E-state index in [0.717, 1.165) is 11.4 Å². The number of hydrogen-bond donors (Lipinski definition) is 1. The van der Waals surface area contributed by atoms with Gasteiger partial charge in [0.05, 0.1) is 0 Å². The molecular weight excluding hydrogens is 302 g/mol. The highest BCUT2D eigenvalue weighted by molar-refractivity contribution is 5.98. The highest BCUT2D eigenvalue weighted by Gasteiger charge is 2.18. The van der Waals surface area contributed by atoms with Crippen LogP contribution in [0.3, 0.4) is 0 Å². The third-order valence-corrected chi connectivity index (χ3v) is 4.76. The molecule has 0 aliphatic rings. The Morgan fingerprint density at radius 1 is 0.600 bits per heavy atom. The monoisotopic (exact) mass is 331 g/mol. The van der Waals surface area contributed by atoms with Crippen LogP contribution in [0.1, 0.15) is 52.7 Å². The number of anilines is 2. The quantitative estimate of drug-likeness (QED) is 0.524. The van der Waals surface area contributed by atoms with Gasteiger partial charge in [-0.1, -0.05) is 84.0 Å². The molecule has 1 N–H and O–H groups in total. The molecular formula is C24H29N. The maximum absolute atomic E-state index is 3.60. The number of fused-ring (bicyclic) bond motifs is 1. The Morgan fingerprint density at radius 2 is 1.20 bits per heavy atom. The van der Waals surface area contributed by atoms with Crippen molar-refractivity contribution in [1.29, 1.82) is 0 Å². The molecule has 0 amide bonds. The summed E-state index contributed by atoms with van der Waals surface area (Å²) in [4.78, 5) is 0. The largest absolute Gasteiger partial charge is 0.355 e. The fraction of sp³-hybridized carbons (Fsp3) is 0.333. The third-order valence-electron chi connectivity index (χ3n) is 4.76. The van der Waals surface area contributed by atoms with Gasteiger partial charge < -0.3 is 5.32 Å². The Labute approximate surface area is 152 Å². The van der Waals surface area contributed by atoms with Gasteiger partial charge in [-0.3, -0.25) is 0 Å². The average Bonchev–Trinajstić information content (AvgIpc) is 2.53. The first-order valence-electron chi connectivity index (χ1n) is 9.06. The van der Waals surface area contributed by atoms with Gasteiger partial charge in [0.1, 0.15) is 0 Å². The lowest BCUT2D eigenvalue weighted by Crippen LogP contribution is -2.12. The topological polar surface area (TPSA) is 12.0 Å². The Kier molecular flexibility index (Phi) is 4.36. The molecule has 0 aliphatic carbocycles. The van der Waals surface area contributed by atoms with Crippen molar-refractivity contribution in [2.45, 2.75) is 52.4 Å². The summed E-state index contributed by atoms with van der Waals surface area (Å²) in [5, 5.41) is 6.20. The lowest BCUT2D eigenvalue weighted by atomic mass is 9.83. The van der Waals surface area contributed by atoms with Crippen LogP contribution in [0.4, 0.5) is 11.4 Å². The summed E-state index contributed by atoms with van der Waals surface area (Å²) in [5.41, 5.74) is 5.34. The molecule has 0 heterocycles. The van der Waals surface area contributed by atoms with Gasteiger partial charge in [0.25, 0.3) is 0 Å². The smallest absolute Gasteiger partial charge is 0.0464 e. The van der Waals surface area contributed by atoms with Crippen molar-refractivity contribution in [3.8, 4) is 0 Å². The first-order chi connectivity index (χ1) is 11.7. The van der Waals surface area contributed by atoms with Gasteiger partial charge in [0.15, 0.2) is 0 Å². The van der Waals surface area contributed by atoms with Crippen molar-refractivity contribution in [3.63, 3.8) is 0 Å². The van der Waals surface area contributed by atoms with Crippen LogP contribution in [0.15, 0.2) is 60.7 Å². The van der Waals surface area contributed by atoms with Gasteiger partial charge >= 0.3 is 0 Å². The first-order valence-corrected chi connectivity index (χ1v) is 9.06. The maximum atomic E-state index is 3.60. The zero-order chi connectivity index (χ0) is 18.2. The highest BCUT2D eigenvalue weighted by atomic mass is 14.9. The second-order valence-corrected chi connectivity index (χ2v) is 8.91. The Hall–Kier alpha value is -2.28. The van der Waals surface area contributed by atoms with E-state index in [0.29, 0.717) is 0 Å². The highest BCUT2D eigenvalue weighted by Crippen LogP contribution is 2.35. The fourth-order valence-electron chi connectivity index (χ4n) is 3.27. The first kappa shape index (κ1) is 17.5. The van der Waals surface area contributed by atoms with Gasteiger partial charge in [0.2, 0.25) is 0 Å². The van der Waals surface area contributed by atoms with Crippen LogP contribution < -0.4 is 5.32 Å². The maximum Gasteiger partial charge on any atom is 0.0464 e. The predicted octanol–water partition coefficient (Wildman–Crippen LogP) is 7.18. The lowest BCUT2D eigenvalue weighted by Gasteiger charge is -2.23. The molecule has 25 heavy (non-hydrogen) atoms. The van der Waals surface area contributed by atoms with E-state index < -0.39 is 0 Å². The van der Waals surface area contributed by atoms with E-state index in [2.05, 4.69) is 108 Å². The summed E-state index contributed by atoms with van der Waals surface area (Å²) in [6, 6.07) is 21.9. The van der Waals surface area contributed by atoms with E-state index in [1.54, 1.807) is 0 Å². The third kappa shape index (κ3) is 3.71. The zero-order valence-electron chi connectivity index (χ0n) is 16.3. The molecule has 0 aliphatic heterocycles. The van der Waals surface area contributed by atoms with E-state index in [9.17, 15) is 0 Å². The lowest BCUT2D eigenvalue weighted by molar-refractivity contribution is 0.590. The van der Waals surface area contributed by atoms with Gasteiger partial charge in [-0.2, -0.15) is 0 Å². The van der Waals surface area contributed by atoms with Crippen molar-refractivity contribution in [3.05, 3.63) is 71.8 Å². The van der Waals surface area contributed by atoms with Crippen LogP contribution in [0, 0.1) is 0 Å². The number of hydrogen-bond acceptors (Lipinski definition) is 1. The predicted molar refractivity (Wildman–Crippen MR) is 111 cm³/mol. The molecule has 0 bridgehead atoms. The van der Waals surface area contributed by atoms with Crippen LogP contribution in [0.2, 0.25) is 0 Å². The van der Waals surface area contributed by atoms with E-state index in [1.807, 2.05) is 0 Å². The Morgan fingerprint density at radius 3 is 1.76 bits per heavy atom. The second kappa shape index (κ2) is 6.22. The van der Waals surface area contributed by atoms with Crippen LogP contribution in [-0.2, 0) is 10.8 Å². The standard InChI is InChI=1S/C24H29N/c1-23(2,3)17-11-13-18(14-12-17)25-22-16-15-21(24(4,5)6)19-9-7-8-10-20(19)22/h7-16,25H,1-6H3. The van der Waals surface area contributed by atoms with Crippen molar-refractivity contribution in [1.82, 2.24) is 0 Å². The molecule has 0 radical (unpaired) electrons. The summed E-state index contributed by atoms with van der Waals surface area (Å²) < 4.78 is 0. The van der Waals surface area contributed by atoms with Crippen molar-refractivity contribution >= 4 is 22.1 Å². The summed E-state index contributed by atoms with van der Waals surface area (Å²) in [7, 11) is 0. The molecule has 0 fully saturated rings. The van der Waals surface area contributed by atoms with E-state index >= 15 is 0 Å². The molecule has 3 rings (SSSR count). The molecule has 3 aromatic carbocycles. The SMILES string of the molecule is CC(C)(C)c1ccc(Nc2ccc(C(C)(C)C)c3ccccc23)cc1. The molecule has 0 unspecified atom stereocenters. The Bertz CT molecular complexity index is 875. The van der Waals surface area contributed by atoms with Crippen LogP contribution in [0.5, 0.6) is 0 Å². The Balaban J connectivity index is 2.00. The van der Waals surface area contributed by atoms with Crippen molar-refractivity contribution in [2.75, 3.05) is 5.32 Å². The summed E-state index contributed by atoms with van der Waals surface area (Å²) in [5.74, 6) is 0. The fourth-order valence-corrected chi connectivity index (χ4v) is 3.27. The van der Waals surface area contributed by atoms with Gasteiger partial charge in [0, 0.05) is 16.8 Å². The van der Waals surface area contributed by atoms with Crippen molar-refractivity contribution < 1.29 is 0 Å². The molecule has 1 heteroatoms. The zero-order valence-corrected chi connectivity index (χ0v) is 16.3.